The fraction of sp³-hybridized carbons (Fsp3) is 0.600. The molecule has 5 rings (SSSR count). The molecule has 0 N–H and O–H groups in total. The van der Waals surface area contributed by atoms with Crippen LogP contribution in [0.25, 0.3) is 0 Å². The molecule has 1 aromatic rings. The Hall–Kier alpha value is -0.350. The molecule has 4 aliphatic rings. The van der Waals surface area contributed by atoms with Crippen molar-refractivity contribution in [3.8, 4) is 0 Å². The Labute approximate surface area is 152 Å². The van der Waals surface area contributed by atoms with E-state index in [1.807, 2.05) is 0 Å². The number of hydrogen-bond acceptors (Lipinski definition) is 0. The molecule has 0 spiro atoms. The van der Waals surface area contributed by atoms with Crippen LogP contribution in [0.4, 0.5) is 0 Å². The highest BCUT2D eigenvalue weighted by atomic mass is 127. The molecule has 120 valence electrons. The molecule has 1 aliphatic heterocycles. The lowest BCUT2D eigenvalue weighted by atomic mass is 9.49. The molecule has 2 heteroatoms. The van der Waals surface area contributed by atoms with Gasteiger partial charge < -0.3 is 28.5 Å². The molecule has 1 unspecified atom stereocenters. The number of likely N-dealkylation sites (N-methyl/N-ethyl adjacent to an activating group) is 1. The third-order valence-corrected chi connectivity index (χ3v) is 6.74. The summed E-state index contributed by atoms with van der Waals surface area (Å²) in [5.74, 6) is 1.82. The number of allylic oxidation sites excluding steroid dienone is 1. The van der Waals surface area contributed by atoms with E-state index in [0.29, 0.717) is 5.41 Å². The van der Waals surface area contributed by atoms with Crippen molar-refractivity contribution in [1.82, 2.24) is 0 Å². The van der Waals surface area contributed by atoms with Crippen LogP contribution in [0.1, 0.15) is 37.8 Å². The minimum absolute atomic E-state index is 0. The second-order valence-electron chi connectivity index (χ2n) is 8.50. The van der Waals surface area contributed by atoms with Crippen molar-refractivity contribution in [1.29, 1.82) is 0 Å². The SMILES string of the molecule is CC1(C)[C@H]2CC=C(C[N+]3(C)CCc4ccccc4C3)[C@@H]1C2.[I-]. The van der Waals surface area contributed by atoms with Crippen LogP contribution in [0.5, 0.6) is 0 Å². The Balaban J connectivity index is 0.00000144. The summed E-state index contributed by atoms with van der Waals surface area (Å²) in [6, 6.07) is 9.05. The molecular formula is C20H28IN. The normalized spacial score (nSPS) is 34.8. The van der Waals surface area contributed by atoms with Gasteiger partial charge in [-0.05, 0) is 41.2 Å². The van der Waals surface area contributed by atoms with E-state index in [1.165, 1.54) is 43.4 Å². The number of rotatable bonds is 2. The van der Waals surface area contributed by atoms with Crippen LogP contribution in [0.2, 0.25) is 0 Å². The molecule has 1 heterocycles. The lowest BCUT2D eigenvalue weighted by molar-refractivity contribution is -0.920. The Kier molecular flexibility index (Phi) is 4.22. The minimum Gasteiger partial charge on any atom is -1.00 e. The van der Waals surface area contributed by atoms with Gasteiger partial charge in [-0.25, -0.2) is 0 Å². The summed E-state index contributed by atoms with van der Waals surface area (Å²) in [6.45, 7) is 8.76. The van der Waals surface area contributed by atoms with Gasteiger partial charge in [0.25, 0.3) is 0 Å². The van der Waals surface area contributed by atoms with Crippen LogP contribution in [0, 0.1) is 17.3 Å². The van der Waals surface area contributed by atoms with E-state index in [9.17, 15) is 0 Å². The van der Waals surface area contributed by atoms with Crippen LogP contribution in [-0.2, 0) is 13.0 Å². The van der Waals surface area contributed by atoms with E-state index >= 15 is 0 Å². The Bertz CT molecular complexity index is 603. The van der Waals surface area contributed by atoms with Crippen molar-refractivity contribution in [3.63, 3.8) is 0 Å². The summed E-state index contributed by atoms with van der Waals surface area (Å²) in [4.78, 5) is 0. The quantitative estimate of drug-likeness (QED) is 0.391. The first kappa shape index (κ1) is 16.5. The number of fused-ring (bicyclic) bond motifs is 2. The van der Waals surface area contributed by atoms with E-state index in [0.717, 1.165) is 11.8 Å². The van der Waals surface area contributed by atoms with Crippen LogP contribution in [0.3, 0.4) is 0 Å². The number of halogens is 1. The van der Waals surface area contributed by atoms with E-state index in [-0.39, 0.29) is 24.0 Å². The van der Waals surface area contributed by atoms with Gasteiger partial charge in [-0.3, -0.25) is 0 Å². The first-order valence-electron chi connectivity index (χ1n) is 8.57. The highest BCUT2D eigenvalue weighted by Crippen LogP contribution is 2.59. The van der Waals surface area contributed by atoms with Crippen molar-refractivity contribution >= 4 is 0 Å². The van der Waals surface area contributed by atoms with Gasteiger partial charge in [0.2, 0.25) is 0 Å². The number of benzene rings is 1. The molecule has 1 nitrogen and oxygen atoms in total. The molecule has 0 amide bonds. The second kappa shape index (κ2) is 5.62. The molecule has 1 fully saturated rings. The highest BCUT2D eigenvalue weighted by molar-refractivity contribution is 5.28. The van der Waals surface area contributed by atoms with Crippen molar-refractivity contribution in [2.45, 2.75) is 39.7 Å². The first-order chi connectivity index (χ1) is 9.98. The maximum absolute atomic E-state index is 2.59. The monoisotopic (exact) mass is 409 g/mol. The molecule has 0 aromatic heterocycles. The zero-order valence-corrected chi connectivity index (χ0v) is 16.3. The minimum atomic E-state index is 0. The van der Waals surface area contributed by atoms with Gasteiger partial charge >= 0.3 is 0 Å². The highest BCUT2D eigenvalue weighted by Gasteiger charge is 2.52. The van der Waals surface area contributed by atoms with Crippen molar-refractivity contribution in [2.24, 2.45) is 17.3 Å². The van der Waals surface area contributed by atoms with Gasteiger partial charge in [-0.1, -0.05) is 44.2 Å². The Morgan fingerprint density at radius 3 is 2.59 bits per heavy atom. The topological polar surface area (TPSA) is 0 Å². The van der Waals surface area contributed by atoms with Crippen molar-refractivity contribution < 1.29 is 28.5 Å². The van der Waals surface area contributed by atoms with E-state index in [2.05, 4.69) is 51.2 Å². The Morgan fingerprint density at radius 2 is 1.91 bits per heavy atom. The molecule has 3 atom stereocenters. The molecule has 1 aromatic carbocycles. The van der Waals surface area contributed by atoms with Crippen molar-refractivity contribution in [2.75, 3.05) is 20.1 Å². The molecule has 2 bridgehead atoms. The van der Waals surface area contributed by atoms with Gasteiger partial charge in [0.05, 0.1) is 13.6 Å². The zero-order valence-electron chi connectivity index (χ0n) is 14.1. The number of nitrogens with zero attached hydrogens (tertiary/aromatic N) is 1. The average Bonchev–Trinajstić information content (AvgIpc) is 2.46. The summed E-state index contributed by atoms with van der Waals surface area (Å²) in [5, 5.41) is 0. The van der Waals surface area contributed by atoms with E-state index in [4.69, 9.17) is 0 Å². The fourth-order valence-electron chi connectivity index (χ4n) is 5.07. The first-order valence-corrected chi connectivity index (χ1v) is 8.57. The molecule has 0 radical (unpaired) electrons. The lowest BCUT2D eigenvalue weighted by Gasteiger charge is -2.57. The fourth-order valence-corrected chi connectivity index (χ4v) is 5.07. The smallest absolute Gasteiger partial charge is 0.105 e. The predicted molar refractivity (Wildman–Crippen MR) is 87.8 cm³/mol. The maximum Gasteiger partial charge on any atom is 0.105 e. The maximum atomic E-state index is 2.59. The van der Waals surface area contributed by atoms with Crippen LogP contribution >= 0.6 is 0 Å². The molecule has 1 saturated carbocycles. The molecular weight excluding hydrogens is 381 g/mol. The van der Waals surface area contributed by atoms with E-state index in [1.54, 1.807) is 16.7 Å². The second-order valence-corrected chi connectivity index (χ2v) is 8.50. The molecule has 0 saturated heterocycles. The summed E-state index contributed by atoms with van der Waals surface area (Å²) < 4.78 is 1.21. The van der Waals surface area contributed by atoms with E-state index < -0.39 is 0 Å². The summed E-state index contributed by atoms with van der Waals surface area (Å²) in [6.07, 6.45) is 6.62. The molecule has 22 heavy (non-hydrogen) atoms. The predicted octanol–water partition coefficient (Wildman–Crippen LogP) is 1.19. The summed E-state index contributed by atoms with van der Waals surface area (Å²) >= 11 is 0. The number of quaternary nitrogens is 1. The van der Waals surface area contributed by atoms with Gasteiger partial charge in [0.15, 0.2) is 0 Å². The van der Waals surface area contributed by atoms with Crippen LogP contribution in [0.15, 0.2) is 35.9 Å². The molecule has 3 aliphatic carbocycles. The van der Waals surface area contributed by atoms with Gasteiger partial charge in [0.1, 0.15) is 13.1 Å². The number of hydrogen-bond donors (Lipinski definition) is 0. The van der Waals surface area contributed by atoms with Gasteiger partial charge in [-0.15, -0.1) is 0 Å². The summed E-state index contributed by atoms with van der Waals surface area (Å²) in [7, 11) is 2.47. The Morgan fingerprint density at radius 1 is 1.18 bits per heavy atom. The van der Waals surface area contributed by atoms with Crippen molar-refractivity contribution in [3.05, 3.63) is 47.0 Å². The van der Waals surface area contributed by atoms with Gasteiger partial charge in [-0.2, -0.15) is 0 Å². The van der Waals surface area contributed by atoms with Gasteiger partial charge in [0, 0.05) is 12.0 Å². The zero-order chi connectivity index (χ0) is 14.7. The lowest BCUT2D eigenvalue weighted by Crippen LogP contribution is -3.00. The average molecular weight is 409 g/mol. The standard InChI is InChI=1S/C20H28N.HI/c1-20(2)18-9-8-17(19(20)12-18)14-21(3)11-10-15-6-4-5-7-16(15)13-21;/h4-8,18-19H,9-14H2,1-3H3;1H/q+1;/p-1/t18-,19-,21?;/m0./s1. The summed E-state index contributed by atoms with van der Waals surface area (Å²) in [5.41, 5.74) is 5.49. The largest absolute Gasteiger partial charge is 1.00 e. The third kappa shape index (κ3) is 2.56. The third-order valence-electron chi connectivity index (χ3n) is 6.74. The van der Waals surface area contributed by atoms with Crippen LogP contribution in [-0.4, -0.2) is 24.6 Å². The van der Waals surface area contributed by atoms with Crippen LogP contribution < -0.4 is 24.0 Å².